The summed E-state index contributed by atoms with van der Waals surface area (Å²) in [5, 5.41) is 4.26. The lowest BCUT2D eigenvalue weighted by molar-refractivity contribution is 0.0827. The van der Waals surface area contributed by atoms with Crippen molar-refractivity contribution in [3.63, 3.8) is 0 Å². The summed E-state index contributed by atoms with van der Waals surface area (Å²) in [5.74, 6) is -2.07. The van der Waals surface area contributed by atoms with Gasteiger partial charge in [-0.05, 0) is 53.9 Å². The van der Waals surface area contributed by atoms with Crippen LogP contribution in [-0.2, 0) is 6.42 Å². The maximum atomic E-state index is 13.8. The van der Waals surface area contributed by atoms with Crippen molar-refractivity contribution in [1.29, 1.82) is 0 Å². The quantitative estimate of drug-likeness (QED) is 0.448. The van der Waals surface area contributed by atoms with Crippen LogP contribution in [0.5, 0.6) is 0 Å². The molecule has 0 saturated carbocycles. The lowest BCUT2D eigenvalue weighted by atomic mass is 9.93. The number of halogens is 2. The smallest absolute Gasteiger partial charge is 0.305 e. The van der Waals surface area contributed by atoms with Gasteiger partial charge in [0.1, 0.15) is 11.6 Å². The largest absolute Gasteiger partial charge is 0.455 e. The number of carbonyl (C=O) groups excluding carboxylic acids is 3. The fourth-order valence-corrected chi connectivity index (χ4v) is 3.96. The molecule has 0 saturated heterocycles. The van der Waals surface area contributed by atoms with E-state index in [4.69, 9.17) is 4.42 Å². The SMILES string of the molecule is Cc1c(C(=O)NNC(=O)c2ccccc2F)oc2c1/C(=N/NC(=O)c1cncc(Br)c1)CCC2. The molecule has 1 aliphatic rings. The van der Waals surface area contributed by atoms with Crippen molar-refractivity contribution < 1.29 is 23.2 Å². The molecule has 9 nitrogen and oxygen atoms in total. The maximum absolute atomic E-state index is 13.8. The Hall–Kier alpha value is -3.86. The van der Waals surface area contributed by atoms with Crippen LogP contribution in [0.2, 0.25) is 0 Å². The number of fused-ring (bicyclic) bond motifs is 1. The Bertz CT molecular complexity index is 1320. The zero-order valence-corrected chi connectivity index (χ0v) is 19.5. The average molecular weight is 528 g/mol. The van der Waals surface area contributed by atoms with Crippen LogP contribution in [0.15, 0.2) is 56.7 Å². The van der Waals surface area contributed by atoms with Gasteiger partial charge in [-0.25, -0.2) is 9.82 Å². The third-order valence-corrected chi connectivity index (χ3v) is 5.63. The van der Waals surface area contributed by atoms with Gasteiger partial charge in [0, 0.05) is 34.4 Å². The molecule has 3 aromatic rings. The van der Waals surface area contributed by atoms with Gasteiger partial charge in [-0.15, -0.1) is 0 Å². The van der Waals surface area contributed by atoms with E-state index in [1.54, 1.807) is 19.2 Å². The van der Waals surface area contributed by atoms with E-state index in [-0.39, 0.29) is 11.3 Å². The average Bonchev–Trinajstić information content (AvgIpc) is 3.18. The molecule has 1 aromatic carbocycles. The molecule has 3 N–H and O–H groups in total. The molecule has 2 aromatic heterocycles. The molecule has 0 bridgehead atoms. The van der Waals surface area contributed by atoms with E-state index in [0.717, 1.165) is 12.5 Å². The molecule has 1 aliphatic carbocycles. The molecule has 0 radical (unpaired) electrons. The Balaban J connectivity index is 1.49. The van der Waals surface area contributed by atoms with Gasteiger partial charge in [0.2, 0.25) is 0 Å². The first-order chi connectivity index (χ1) is 16.3. The second-order valence-corrected chi connectivity index (χ2v) is 8.40. The number of carbonyl (C=O) groups is 3. The molecular formula is C23H19BrFN5O4. The van der Waals surface area contributed by atoms with Gasteiger partial charge in [-0.3, -0.25) is 30.2 Å². The van der Waals surface area contributed by atoms with Crippen LogP contribution in [0.1, 0.15) is 61.0 Å². The lowest BCUT2D eigenvalue weighted by Gasteiger charge is -2.13. The maximum Gasteiger partial charge on any atom is 0.305 e. The normalized spacial score (nSPS) is 13.8. The fourth-order valence-electron chi connectivity index (χ4n) is 3.60. The van der Waals surface area contributed by atoms with Crippen LogP contribution < -0.4 is 16.3 Å². The summed E-state index contributed by atoms with van der Waals surface area (Å²) in [6, 6.07) is 7.04. The number of rotatable bonds is 4. The molecule has 2 heterocycles. The second kappa shape index (κ2) is 9.96. The Morgan fingerprint density at radius 2 is 1.85 bits per heavy atom. The number of pyridine rings is 1. The number of furan rings is 1. The topological polar surface area (TPSA) is 126 Å². The molecule has 0 unspecified atom stereocenters. The molecule has 174 valence electrons. The van der Waals surface area contributed by atoms with Gasteiger partial charge >= 0.3 is 5.91 Å². The van der Waals surface area contributed by atoms with Crippen molar-refractivity contribution in [2.45, 2.75) is 26.2 Å². The molecule has 3 amide bonds. The molecule has 0 spiro atoms. The van der Waals surface area contributed by atoms with Crippen molar-refractivity contribution in [3.05, 3.63) is 86.8 Å². The van der Waals surface area contributed by atoms with Gasteiger partial charge in [-0.1, -0.05) is 12.1 Å². The molecule has 34 heavy (non-hydrogen) atoms. The molecule has 4 rings (SSSR count). The monoisotopic (exact) mass is 527 g/mol. The predicted molar refractivity (Wildman–Crippen MR) is 124 cm³/mol. The van der Waals surface area contributed by atoms with Crippen molar-refractivity contribution >= 4 is 39.4 Å². The Morgan fingerprint density at radius 3 is 2.62 bits per heavy atom. The van der Waals surface area contributed by atoms with E-state index < -0.39 is 23.5 Å². The van der Waals surface area contributed by atoms with E-state index in [1.807, 2.05) is 0 Å². The van der Waals surface area contributed by atoms with Crippen molar-refractivity contribution in [2.24, 2.45) is 5.10 Å². The minimum absolute atomic E-state index is 0.00375. The number of hydrazone groups is 1. The first-order valence-corrected chi connectivity index (χ1v) is 11.1. The van der Waals surface area contributed by atoms with Crippen LogP contribution >= 0.6 is 15.9 Å². The highest BCUT2D eigenvalue weighted by atomic mass is 79.9. The van der Waals surface area contributed by atoms with Crippen molar-refractivity contribution in [3.8, 4) is 0 Å². The molecule has 0 atom stereocenters. The number of hydrazine groups is 1. The van der Waals surface area contributed by atoms with Crippen LogP contribution in [0.3, 0.4) is 0 Å². The van der Waals surface area contributed by atoms with E-state index >= 15 is 0 Å². The number of nitrogens with zero attached hydrogens (tertiary/aromatic N) is 2. The highest BCUT2D eigenvalue weighted by molar-refractivity contribution is 9.10. The van der Waals surface area contributed by atoms with Crippen molar-refractivity contribution in [2.75, 3.05) is 0 Å². The number of hydrogen-bond acceptors (Lipinski definition) is 6. The summed E-state index contributed by atoms with van der Waals surface area (Å²) in [5.41, 5.74) is 8.82. The summed E-state index contributed by atoms with van der Waals surface area (Å²) < 4.78 is 20.2. The number of nitrogens with one attached hydrogen (secondary N) is 3. The van der Waals surface area contributed by atoms with Crippen molar-refractivity contribution in [1.82, 2.24) is 21.3 Å². The fraction of sp³-hybridized carbons (Fsp3) is 0.174. The third-order valence-electron chi connectivity index (χ3n) is 5.20. The predicted octanol–water partition coefficient (Wildman–Crippen LogP) is 3.43. The van der Waals surface area contributed by atoms with Gasteiger partial charge < -0.3 is 4.42 Å². The highest BCUT2D eigenvalue weighted by Crippen LogP contribution is 2.29. The number of benzene rings is 1. The Morgan fingerprint density at radius 1 is 1.09 bits per heavy atom. The minimum atomic E-state index is -0.799. The van der Waals surface area contributed by atoms with Gasteiger partial charge in [0.25, 0.3) is 11.8 Å². The highest BCUT2D eigenvalue weighted by Gasteiger charge is 2.28. The number of aromatic nitrogens is 1. The summed E-state index contributed by atoms with van der Waals surface area (Å²) in [6.07, 6.45) is 4.88. The van der Waals surface area contributed by atoms with Gasteiger partial charge in [0.05, 0.1) is 16.8 Å². The summed E-state index contributed by atoms with van der Waals surface area (Å²) in [4.78, 5) is 41.2. The summed E-state index contributed by atoms with van der Waals surface area (Å²) in [6.45, 7) is 1.69. The Kier molecular flexibility index (Phi) is 6.82. The van der Waals surface area contributed by atoms with Crippen LogP contribution in [0, 0.1) is 12.7 Å². The van der Waals surface area contributed by atoms with Gasteiger partial charge in [-0.2, -0.15) is 5.10 Å². The van der Waals surface area contributed by atoms with Crippen LogP contribution in [0.4, 0.5) is 4.39 Å². The molecule has 11 heteroatoms. The summed E-state index contributed by atoms with van der Waals surface area (Å²) in [7, 11) is 0. The first kappa shape index (κ1) is 23.3. The number of amides is 3. The standard InChI is InChI=1S/C23H19BrFN5O4/c1-12-19-17(27-28-21(31)13-9-14(24)11-26-10-13)7-4-8-18(19)34-20(12)23(33)30-29-22(32)15-5-2-3-6-16(15)25/h2-3,5-6,9-11H,4,7-8H2,1H3,(H,28,31)(H,29,32)(H,30,33)/b27-17+. The van der Waals surface area contributed by atoms with Crippen LogP contribution in [0.25, 0.3) is 0 Å². The lowest BCUT2D eigenvalue weighted by Crippen LogP contribution is -2.42. The van der Waals surface area contributed by atoms with E-state index in [2.05, 4.69) is 42.3 Å². The molecular weight excluding hydrogens is 509 g/mol. The van der Waals surface area contributed by atoms with Gasteiger partial charge in [0.15, 0.2) is 5.76 Å². The second-order valence-electron chi connectivity index (χ2n) is 7.49. The number of aryl methyl sites for hydroxylation is 1. The third kappa shape index (κ3) is 4.88. The zero-order valence-electron chi connectivity index (χ0n) is 17.9. The van der Waals surface area contributed by atoms with E-state index in [1.165, 1.54) is 24.4 Å². The number of hydrogen-bond donors (Lipinski definition) is 3. The van der Waals surface area contributed by atoms with E-state index in [9.17, 15) is 18.8 Å². The Labute approximate surface area is 201 Å². The minimum Gasteiger partial charge on any atom is -0.455 e. The summed E-state index contributed by atoms with van der Waals surface area (Å²) >= 11 is 3.27. The first-order valence-electron chi connectivity index (χ1n) is 10.3. The van der Waals surface area contributed by atoms with E-state index in [0.29, 0.717) is 45.5 Å². The molecule has 0 aliphatic heterocycles. The van der Waals surface area contributed by atoms with Crippen LogP contribution in [-0.4, -0.2) is 28.4 Å². The zero-order chi connectivity index (χ0) is 24.2. The molecule has 0 fully saturated rings.